The Morgan fingerprint density at radius 2 is 1.62 bits per heavy atom. The molecule has 1 unspecified atom stereocenters. The van der Waals surface area contributed by atoms with Gasteiger partial charge in [-0.05, 0) is 62.8 Å². The highest BCUT2D eigenvalue weighted by Gasteiger charge is 2.46. The molecule has 6 nitrogen and oxygen atoms in total. The number of amides is 2. The van der Waals surface area contributed by atoms with Gasteiger partial charge in [0.2, 0.25) is 5.91 Å². The van der Waals surface area contributed by atoms with Gasteiger partial charge in [-0.15, -0.1) is 0 Å². The molecule has 1 saturated carbocycles. The van der Waals surface area contributed by atoms with Crippen LogP contribution in [0.4, 0.5) is 4.79 Å². The summed E-state index contributed by atoms with van der Waals surface area (Å²) in [5.74, 6) is -0.636. The van der Waals surface area contributed by atoms with Crippen molar-refractivity contribution in [2.24, 2.45) is 0 Å². The summed E-state index contributed by atoms with van der Waals surface area (Å²) in [7, 11) is 0. The van der Waals surface area contributed by atoms with Gasteiger partial charge in [-0.1, -0.05) is 61.7 Å². The average molecular weight is 467 g/mol. The number of aliphatic hydroxyl groups is 1. The molecule has 2 amide bonds. The number of carbonyl (C=O) groups excluding carboxylic acids is 1. The Morgan fingerprint density at radius 1 is 1.00 bits per heavy atom. The topological polar surface area (TPSA) is 81.1 Å². The third-order valence-corrected chi connectivity index (χ3v) is 7.68. The molecule has 0 bridgehead atoms. The van der Waals surface area contributed by atoms with E-state index in [-0.39, 0.29) is 11.9 Å². The predicted octanol–water partition coefficient (Wildman–Crippen LogP) is 5.39. The summed E-state index contributed by atoms with van der Waals surface area (Å²) >= 11 is 0. The number of carbonyl (C=O) groups is 2. The first-order valence-corrected chi connectivity index (χ1v) is 12.6. The van der Waals surface area contributed by atoms with E-state index < -0.39 is 23.2 Å². The second kappa shape index (κ2) is 9.57. The summed E-state index contributed by atoms with van der Waals surface area (Å²) in [4.78, 5) is 29.3. The monoisotopic (exact) mass is 466 g/mol. The molecule has 0 spiro atoms. The molecule has 1 heterocycles. The maximum Gasteiger partial charge on any atom is 0.407 e. The maximum atomic E-state index is 14.0. The minimum absolute atomic E-state index is 0.0317. The number of rotatable bonds is 4. The van der Waals surface area contributed by atoms with Crippen molar-refractivity contribution in [3.05, 3.63) is 48.0 Å². The highest BCUT2D eigenvalue weighted by atomic mass is 16.4. The average Bonchev–Trinajstić information content (AvgIpc) is 2.79. The lowest BCUT2D eigenvalue weighted by molar-refractivity contribution is -0.143. The number of carboxylic acid groups (broad SMARTS) is 1. The van der Waals surface area contributed by atoms with Gasteiger partial charge in [0.05, 0.1) is 11.5 Å². The van der Waals surface area contributed by atoms with Gasteiger partial charge in [0, 0.05) is 24.7 Å². The van der Waals surface area contributed by atoms with Crippen LogP contribution >= 0.6 is 0 Å². The number of benzene rings is 2. The fourth-order valence-electron chi connectivity index (χ4n) is 6.04. The van der Waals surface area contributed by atoms with Crippen LogP contribution in [0.25, 0.3) is 10.8 Å². The molecule has 1 atom stereocenters. The van der Waals surface area contributed by atoms with Gasteiger partial charge in [0.25, 0.3) is 0 Å². The molecule has 1 saturated heterocycles. The summed E-state index contributed by atoms with van der Waals surface area (Å²) in [5, 5.41) is 23.7. The van der Waals surface area contributed by atoms with E-state index in [0.29, 0.717) is 38.8 Å². The summed E-state index contributed by atoms with van der Waals surface area (Å²) in [5.41, 5.74) is -0.669. The van der Waals surface area contributed by atoms with E-state index in [4.69, 9.17) is 0 Å². The number of hydrogen-bond acceptors (Lipinski definition) is 3. The van der Waals surface area contributed by atoms with E-state index in [1.54, 1.807) is 0 Å². The van der Waals surface area contributed by atoms with Gasteiger partial charge in [0.1, 0.15) is 0 Å². The fraction of sp³-hybridized carbons (Fsp3) is 0.571. The predicted molar refractivity (Wildman–Crippen MR) is 134 cm³/mol. The molecule has 2 aromatic rings. The van der Waals surface area contributed by atoms with E-state index in [2.05, 4.69) is 12.1 Å². The summed E-state index contributed by atoms with van der Waals surface area (Å²) in [6, 6.07) is 14.1. The molecule has 1 aliphatic heterocycles. The van der Waals surface area contributed by atoms with Gasteiger partial charge >= 0.3 is 6.09 Å². The van der Waals surface area contributed by atoms with Crippen LogP contribution in [0.1, 0.15) is 77.2 Å². The third kappa shape index (κ3) is 4.92. The Balaban J connectivity index is 1.60. The Kier molecular flexibility index (Phi) is 6.90. The zero-order valence-corrected chi connectivity index (χ0v) is 20.7. The Hall–Kier alpha value is -2.60. The molecule has 34 heavy (non-hydrogen) atoms. The number of nitrogens with zero attached hydrogens (tertiary/aromatic N) is 2. The Labute approximate surface area is 202 Å². The second-order valence-corrected chi connectivity index (χ2v) is 11.1. The minimum atomic E-state index is -1.05. The lowest BCUT2D eigenvalue weighted by atomic mass is 9.71. The molecular formula is C28H38N2O4. The van der Waals surface area contributed by atoms with Crippen molar-refractivity contribution in [1.82, 2.24) is 9.80 Å². The number of piperidine rings is 1. The van der Waals surface area contributed by atoms with Crippen LogP contribution in [0.2, 0.25) is 0 Å². The molecule has 2 fully saturated rings. The quantitative estimate of drug-likeness (QED) is 0.633. The molecule has 184 valence electrons. The van der Waals surface area contributed by atoms with Crippen molar-refractivity contribution >= 4 is 22.8 Å². The standard InChI is InChI=1S/C28H38N2O4/c1-27(2,3)30(26(32)33)23-13-17-29(18-14-23)25(31)24(28(34)15-7-4-8-16-28)22-12-11-20-9-5-6-10-21(20)19-22/h5-6,9-12,19,23-24,34H,4,7-8,13-18H2,1-3H3,(H,32,33). The smallest absolute Gasteiger partial charge is 0.407 e. The van der Waals surface area contributed by atoms with E-state index in [1.807, 2.05) is 56.0 Å². The molecule has 1 aliphatic carbocycles. The van der Waals surface area contributed by atoms with E-state index in [1.165, 1.54) is 4.90 Å². The van der Waals surface area contributed by atoms with Gasteiger partial charge < -0.3 is 20.0 Å². The normalized spacial score (nSPS) is 20.2. The fourth-order valence-corrected chi connectivity index (χ4v) is 6.04. The van der Waals surface area contributed by atoms with Crippen LogP contribution in [0.15, 0.2) is 42.5 Å². The zero-order valence-electron chi connectivity index (χ0n) is 20.7. The summed E-state index contributed by atoms with van der Waals surface area (Å²) < 4.78 is 0. The van der Waals surface area contributed by atoms with Crippen molar-refractivity contribution in [1.29, 1.82) is 0 Å². The zero-order chi connectivity index (χ0) is 24.5. The highest BCUT2D eigenvalue weighted by Crippen LogP contribution is 2.42. The number of fused-ring (bicyclic) bond motifs is 1. The summed E-state index contributed by atoms with van der Waals surface area (Å²) in [6.07, 6.45) is 4.50. The number of likely N-dealkylation sites (tertiary alicyclic amines) is 1. The largest absolute Gasteiger partial charge is 0.465 e. The molecule has 0 radical (unpaired) electrons. The molecule has 2 N–H and O–H groups in total. The van der Waals surface area contributed by atoms with Crippen LogP contribution in [0.3, 0.4) is 0 Å². The second-order valence-electron chi connectivity index (χ2n) is 11.1. The van der Waals surface area contributed by atoms with E-state index in [9.17, 15) is 19.8 Å². The highest BCUT2D eigenvalue weighted by molar-refractivity contribution is 5.89. The third-order valence-electron chi connectivity index (χ3n) is 7.68. The SMILES string of the molecule is CC(C)(C)N(C(=O)O)C1CCN(C(=O)C(c2ccc3ccccc3c2)C2(O)CCCCC2)CC1. The summed E-state index contributed by atoms with van der Waals surface area (Å²) in [6.45, 7) is 6.74. The molecule has 6 heteroatoms. The van der Waals surface area contributed by atoms with E-state index in [0.717, 1.165) is 35.6 Å². The van der Waals surface area contributed by atoms with Crippen LogP contribution in [-0.2, 0) is 4.79 Å². The molecular weight excluding hydrogens is 428 g/mol. The molecule has 2 aromatic carbocycles. The molecule has 2 aliphatic rings. The first-order valence-electron chi connectivity index (χ1n) is 12.6. The first kappa shape index (κ1) is 24.5. The van der Waals surface area contributed by atoms with Crippen LogP contribution in [0, 0.1) is 0 Å². The lowest BCUT2D eigenvalue weighted by Crippen LogP contribution is -2.56. The molecule has 4 rings (SSSR count). The van der Waals surface area contributed by atoms with Gasteiger partial charge in [-0.25, -0.2) is 4.79 Å². The van der Waals surface area contributed by atoms with Crippen LogP contribution < -0.4 is 0 Å². The maximum absolute atomic E-state index is 14.0. The van der Waals surface area contributed by atoms with Crippen molar-refractivity contribution in [2.75, 3.05) is 13.1 Å². The van der Waals surface area contributed by atoms with Crippen molar-refractivity contribution in [2.45, 2.75) is 88.8 Å². The Bertz CT molecular complexity index is 1030. The van der Waals surface area contributed by atoms with Crippen LogP contribution in [0.5, 0.6) is 0 Å². The van der Waals surface area contributed by atoms with Crippen molar-refractivity contribution in [3.63, 3.8) is 0 Å². The lowest BCUT2D eigenvalue weighted by Gasteiger charge is -2.45. The Morgan fingerprint density at radius 3 is 2.21 bits per heavy atom. The van der Waals surface area contributed by atoms with Crippen molar-refractivity contribution < 1.29 is 19.8 Å². The first-order chi connectivity index (χ1) is 16.1. The van der Waals surface area contributed by atoms with Gasteiger partial charge in [-0.3, -0.25) is 4.79 Å². The van der Waals surface area contributed by atoms with Gasteiger partial charge in [0.15, 0.2) is 0 Å². The number of hydrogen-bond donors (Lipinski definition) is 2. The minimum Gasteiger partial charge on any atom is -0.465 e. The molecule has 0 aromatic heterocycles. The van der Waals surface area contributed by atoms with Crippen LogP contribution in [-0.4, -0.2) is 62.3 Å². The van der Waals surface area contributed by atoms with Crippen molar-refractivity contribution in [3.8, 4) is 0 Å². The van der Waals surface area contributed by atoms with Gasteiger partial charge in [-0.2, -0.15) is 0 Å². The van der Waals surface area contributed by atoms with E-state index >= 15 is 0 Å².